The van der Waals surface area contributed by atoms with Gasteiger partial charge in [-0.3, -0.25) is 9.59 Å². The number of hydrogen-bond acceptors (Lipinski definition) is 4. The number of nitrogens with one attached hydrogen (secondary N) is 3. The SMILES string of the molecule is CCNCCNC(=O)c1sc(NC(=O)c2cccc(F)c2)cc1C. The van der Waals surface area contributed by atoms with Crippen molar-refractivity contribution in [2.24, 2.45) is 0 Å². The monoisotopic (exact) mass is 349 g/mol. The standard InChI is InChI=1S/C17H20FN3O2S/c1-3-19-7-8-20-17(23)15-11(2)9-14(24-15)21-16(22)12-5-4-6-13(18)10-12/h4-6,9-10,19H,3,7-8H2,1-2H3,(H,20,23)(H,21,22). The fourth-order valence-corrected chi connectivity index (χ4v) is 3.09. The topological polar surface area (TPSA) is 70.2 Å². The van der Waals surface area contributed by atoms with Crippen molar-refractivity contribution in [2.75, 3.05) is 25.0 Å². The van der Waals surface area contributed by atoms with Crippen LogP contribution in [0.3, 0.4) is 0 Å². The van der Waals surface area contributed by atoms with Gasteiger partial charge in [0.05, 0.1) is 9.88 Å². The largest absolute Gasteiger partial charge is 0.350 e. The maximum Gasteiger partial charge on any atom is 0.261 e. The average molecular weight is 349 g/mol. The number of likely N-dealkylation sites (N-methyl/N-ethyl adjacent to an activating group) is 1. The molecule has 0 saturated carbocycles. The smallest absolute Gasteiger partial charge is 0.261 e. The summed E-state index contributed by atoms with van der Waals surface area (Å²) in [4.78, 5) is 24.8. The lowest BCUT2D eigenvalue weighted by Crippen LogP contribution is -2.31. The van der Waals surface area contributed by atoms with Gasteiger partial charge >= 0.3 is 0 Å². The zero-order valence-electron chi connectivity index (χ0n) is 13.6. The first-order chi connectivity index (χ1) is 11.5. The van der Waals surface area contributed by atoms with Gasteiger partial charge < -0.3 is 16.0 Å². The van der Waals surface area contributed by atoms with Gasteiger partial charge in [0.1, 0.15) is 5.82 Å². The van der Waals surface area contributed by atoms with Gasteiger partial charge in [0.25, 0.3) is 11.8 Å². The van der Waals surface area contributed by atoms with E-state index in [9.17, 15) is 14.0 Å². The van der Waals surface area contributed by atoms with E-state index in [0.717, 1.165) is 12.1 Å². The van der Waals surface area contributed by atoms with E-state index in [1.807, 2.05) is 13.8 Å². The van der Waals surface area contributed by atoms with E-state index in [-0.39, 0.29) is 11.5 Å². The van der Waals surface area contributed by atoms with Gasteiger partial charge in [0.2, 0.25) is 0 Å². The zero-order chi connectivity index (χ0) is 17.5. The fraction of sp³-hybridized carbons (Fsp3) is 0.294. The van der Waals surface area contributed by atoms with Crippen molar-refractivity contribution in [3.63, 3.8) is 0 Å². The molecule has 0 spiro atoms. The molecule has 0 unspecified atom stereocenters. The highest BCUT2D eigenvalue weighted by Crippen LogP contribution is 2.27. The van der Waals surface area contributed by atoms with E-state index in [1.54, 1.807) is 6.07 Å². The normalized spacial score (nSPS) is 10.5. The minimum atomic E-state index is -0.467. The summed E-state index contributed by atoms with van der Waals surface area (Å²) in [6, 6.07) is 7.20. The van der Waals surface area contributed by atoms with E-state index in [0.29, 0.717) is 23.0 Å². The summed E-state index contributed by atoms with van der Waals surface area (Å²) in [5.41, 5.74) is 1.02. The highest BCUT2D eigenvalue weighted by molar-refractivity contribution is 7.18. The second-order valence-electron chi connectivity index (χ2n) is 5.20. The maximum atomic E-state index is 13.2. The minimum absolute atomic E-state index is 0.165. The van der Waals surface area contributed by atoms with E-state index in [2.05, 4.69) is 16.0 Å². The molecule has 24 heavy (non-hydrogen) atoms. The Hall–Kier alpha value is -2.25. The number of benzene rings is 1. The van der Waals surface area contributed by atoms with Gasteiger partial charge in [-0.2, -0.15) is 0 Å². The Labute approximate surface area is 144 Å². The molecule has 0 aliphatic rings. The van der Waals surface area contributed by atoms with E-state index >= 15 is 0 Å². The van der Waals surface area contributed by atoms with Crippen molar-refractivity contribution in [1.82, 2.24) is 10.6 Å². The molecule has 0 saturated heterocycles. The van der Waals surface area contributed by atoms with Crippen LogP contribution in [0.25, 0.3) is 0 Å². The average Bonchev–Trinajstić information content (AvgIpc) is 2.92. The third-order valence-electron chi connectivity index (χ3n) is 3.28. The summed E-state index contributed by atoms with van der Waals surface area (Å²) in [6.45, 7) is 5.90. The maximum absolute atomic E-state index is 13.2. The number of carbonyl (C=O) groups excluding carboxylic acids is 2. The van der Waals surface area contributed by atoms with Crippen LogP contribution in [0.2, 0.25) is 0 Å². The Bertz CT molecular complexity index is 730. The molecule has 2 rings (SSSR count). The second kappa shape index (κ2) is 8.56. The van der Waals surface area contributed by atoms with Crippen LogP contribution < -0.4 is 16.0 Å². The van der Waals surface area contributed by atoms with Gasteiger partial charge in [-0.1, -0.05) is 13.0 Å². The molecule has 0 aliphatic carbocycles. The number of rotatable bonds is 7. The molecule has 128 valence electrons. The Morgan fingerprint density at radius 1 is 1.17 bits per heavy atom. The number of aryl methyl sites for hydroxylation is 1. The van der Waals surface area contributed by atoms with E-state index in [1.165, 1.54) is 35.6 Å². The molecule has 0 fully saturated rings. The summed E-state index contributed by atoms with van der Waals surface area (Å²) < 4.78 is 13.2. The Balaban J connectivity index is 2.00. The van der Waals surface area contributed by atoms with E-state index < -0.39 is 11.7 Å². The van der Waals surface area contributed by atoms with Crippen LogP contribution in [0.1, 0.15) is 32.5 Å². The van der Waals surface area contributed by atoms with Crippen LogP contribution in [0, 0.1) is 12.7 Å². The second-order valence-corrected chi connectivity index (χ2v) is 6.25. The van der Waals surface area contributed by atoms with Crippen molar-refractivity contribution in [1.29, 1.82) is 0 Å². The van der Waals surface area contributed by atoms with Gasteiger partial charge in [0.15, 0.2) is 0 Å². The van der Waals surface area contributed by atoms with Crippen molar-refractivity contribution in [2.45, 2.75) is 13.8 Å². The van der Waals surface area contributed by atoms with Gasteiger partial charge in [0, 0.05) is 18.7 Å². The molecule has 0 atom stereocenters. The molecule has 0 radical (unpaired) electrons. The predicted octanol–water partition coefficient (Wildman–Crippen LogP) is 2.79. The number of thiophene rings is 1. The Morgan fingerprint density at radius 2 is 1.96 bits per heavy atom. The first-order valence-corrected chi connectivity index (χ1v) is 8.49. The zero-order valence-corrected chi connectivity index (χ0v) is 14.4. The summed E-state index contributed by atoms with van der Waals surface area (Å²) in [5, 5.41) is 9.20. The van der Waals surface area contributed by atoms with Crippen LogP contribution in [0.15, 0.2) is 30.3 Å². The molecule has 7 heteroatoms. The van der Waals surface area contributed by atoms with Crippen LogP contribution >= 0.6 is 11.3 Å². The number of halogens is 1. The highest BCUT2D eigenvalue weighted by atomic mass is 32.1. The number of hydrogen-bond donors (Lipinski definition) is 3. The van der Waals surface area contributed by atoms with E-state index in [4.69, 9.17) is 0 Å². The molecule has 0 aliphatic heterocycles. The first-order valence-electron chi connectivity index (χ1n) is 7.67. The molecule has 1 aromatic heterocycles. The van der Waals surface area contributed by atoms with Crippen molar-refractivity contribution < 1.29 is 14.0 Å². The molecular formula is C17H20FN3O2S. The lowest BCUT2D eigenvalue weighted by Gasteiger charge is -2.04. The number of carbonyl (C=O) groups is 2. The molecule has 0 bridgehead atoms. The molecule has 3 N–H and O–H groups in total. The lowest BCUT2D eigenvalue weighted by molar-refractivity contribution is 0.0956. The van der Waals surface area contributed by atoms with Gasteiger partial charge in [-0.15, -0.1) is 11.3 Å². The molecule has 1 aromatic carbocycles. The van der Waals surface area contributed by atoms with Crippen molar-refractivity contribution >= 4 is 28.2 Å². The van der Waals surface area contributed by atoms with Crippen molar-refractivity contribution in [3.8, 4) is 0 Å². The van der Waals surface area contributed by atoms with Crippen LogP contribution in [-0.4, -0.2) is 31.4 Å². The summed E-state index contributed by atoms with van der Waals surface area (Å²) >= 11 is 1.20. The van der Waals surface area contributed by atoms with Crippen molar-refractivity contribution in [3.05, 3.63) is 52.2 Å². The summed E-state index contributed by atoms with van der Waals surface area (Å²) in [6.07, 6.45) is 0. The lowest BCUT2D eigenvalue weighted by atomic mass is 10.2. The van der Waals surface area contributed by atoms with Crippen LogP contribution in [0.4, 0.5) is 9.39 Å². The van der Waals surface area contributed by atoms with Crippen LogP contribution in [0.5, 0.6) is 0 Å². The first kappa shape index (κ1) is 18.1. The molecule has 2 aromatic rings. The third-order valence-corrected chi connectivity index (χ3v) is 4.44. The Kier molecular flexibility index (Phi) is 6.45. The molecule has 1 heterocycles. The quantitative estimate of drug-likeness (QED) is 0.673. The highest BCUT2D eigenvalue weighted by Gasteiger charge is 2.15. The van der Waals surface area contributed by atoms with Crippen LogP contribution in [-0.2, 0) is 0 Å². The Morgan fingerprint density at radius 3 is 2.67 bits per heavy atom. The molecule has 5 nitrogen and oxygen atoms in total. The number of anilines is 1. The summed E-state index contributed by atoms with van der Waals surface area (Å²) in [7, 11) is 0. The van der Waals surface area contributed by atoms with Gasteiger partial charge in [-0.05, 0) is 43.3 Å². The van der Waals surface area contributed by atoms with Gasteiger partial charge in [-0.25, -0.2) is 4.39 Å². The predicted molar refractivity (Wildman–Crippen MR) is 94.3 cm³/mol. The molecular weight excluding hydrogens is 329 g/mol. The fourth-order valence-electron chi connectivity index (χ4n) is 2.10. The minimum Gasteiger partial charge on any atom is -0.350 e. The molecule has 2 amide bonds. The third kappa shape index (κ3) is 4.87. The number of amides is 2. The summed E-state index contributed by atoms with van der Waals surface area (Å²) in [5.74, 6) is -1.04.